The molecule has 7 nitrogen and oxygen atoms in total. The van der Waals surface area contributed by atoms with Crippen molar-refractivity contribution in [3.05, 3.63) is 17.0 Å². The number of rotatable bonds is 3. The third-order valence-corrected chi connectivity index (χ3v) is 3.71. The van der Waals surface area contributed by atoms with E-state index in [-0.39, 0.29) is 18.0 Å². The number of carbonyl (C=O) groups is 2. The van der Waals surface area contributed by atoms with Crippen LogP contribution >= 0.6 is 0 Å². The molecule has 0 aromatic carbocycles. The summed E-state index contributed by atoms with van der Waals surface area (Å²) in [5, 5.41) is 9.62. The Balaban J connectivity index is 1.87. The van der Waals surface area contributed by atoms with Crippen molar-refractivity contribution in [2.24, 2.45) is 0 Å². The van der Waals surface area contributed by atoms with E-state index in [1.54, 1.807) is 4.90 Å². The number of likely N-dealkylation sites (tertiary alicyclic amines) is 1. The zero-order chi connectivity index (χ0) is 15.4. The summed E-state index contributed by atoms with van der Waals surface area (Å²) >= 11 is 0. The van der Waals surface area contributed by atoms with Crippen LogP contribution in [0.5, 0.6) is 0 Å². The zero-order valence-corrected chi connectivity index (χ0v) is 12.7. The Bertz CT molecular complexity index is 507. The minimum Gasteiger partial charge on any atom is -0.361 e. The Morgan fingerprint density at radius 1 is 1.43 bits per heavy atom. The molecule has 116 valence electrons. The van der Waals surface area contributed by atoms with E-state index < -0.39 is 0 Å². The van der Waals surface area contributed by atoms with Crippen LogP contribution in [0.4, 0.5) is 4.79 Å². The van der Waals surface area contributed by atoms with E-state index >= 15 is 0 Å². The first-order valence-corrected chi connectivity index (χ1v) is 7.19. The highest BCUT2D eigenvalue weighted by atomic mass is 16.5. The van der Waals surface area contributed by atoms with Gasteiger partial charge in [0.15, 0.2) is 0 Å². The SMILES string of the molecule is CC(=O)NC1CCCN(C(=O)NCc2c(C)noc2C)C1. The molecule has 0 bridgehead atoms. The van der Waals surface area contributed by atoms with Crippen LogP contribution in [0.3, 0.4) is 0 Å². The summed E-state index contributed by atoms with van der Waals surface area (Å²) in [4.78, 5) is 25.0. The molecule has 1 unspecified atom stereocenters. The van der Waals surface area contributed by atoms with Crippen molar-refractivity contribution >= 4 is 11.9 Å². The predicted molar refractivity (Wildman–Crippen MR) is 76.6 cm³/mol. The van der Waals surface area contributed by atoms with Crippen molar-refractivity contribution in [3.63, 3.8) is 0 Å². The fraction of sp³-hybridized carbons (Fsp3) is 0.643. The number of aromatic nitrogens is 1. The first kappa shape index (κ1) is 15.3. The first-order valence-electron chi connectivity index (χ1n) is 7.19. The molecule has 7 heteroatoms. The van der Waals surface area contributed by atoms with Crippen molar-refractivity contribution in [2.45, 2.75) is 46.2 Å². The third-order valence-electron chi connectivity index (χ3n) is 3.71. The van der Waals surface area contributed by atoms with Gasteiger partial charge in [0.2, 0.25) is 5.91 Å². The number of hydrogen-bond acceptors (Lipinski definition) is 4. The lowest BCUT2D eigenvalue weighted by atomic mass is 10.1. The molecule has 2 rings (SSSR count). The molecular formula is C14H22N4O3. The number of amides is 3. The zero-order valence-electron chi connectivity index (χ0n) is 12.7. The van der Waals surface area contributed by atoms with Gasteiger partial charge in [-0.15, -0.1) is 0 Å². The second kappa shape index (κ2) is 6.60. The molecule has 2 heterocycles. The van der Waals surface area contributed by atoms with Gasteiger partial charge in [-0.2, -0.15) is 0 Å². The number of nitrogens with zero attached hydrogens (tertiary/aromatic N) is 2. The third kappa shape index (κ3) is 3.96. The number of aryl methyl sites for hydroxylation is 2. The minimum absolute atomic E-state index is 0.0427. The Labute approximate surface area is 124 Å². The van der Waals surface area contributed by atoms with E-state index in [1.165, 1.54) is 6.92 Å². The molecular weight excluding hydrogens is 272 g/mol. The lowest BCUT2D eigenvalue weighted by Gasteiger charge is -2.33. The van der Waals surface area contributed by atoms with Gasteiger partial charge < -0.3 is 20.1 Å². The minimum atomic E-state index is -0.120. The summed E-state index contributed by atoms with van der Waals surface area (Å²) in [6.07, 6.45) is 1.80. The standard InChI is InChI=1S/C14H22N4O3/c1-9-13(10(2)21-17-9)7-15-14(20)18-6-4-5-12(8-18)16-11(3)19/h12H,4-8H2,1-3H3,(H,15,20)(H,16,19). The molecule has 1 atom stereocenters. The first-order chi connectivity index (χ1) is 9.97. The van der Waals surface area contributed by atoms with Crippen molar-refractivity contribution in [2.75, 3.05) is 13.1 Å². The average Bonchev–Trinajstić information content (AvgIpc) is 2.75. The molecule has 1 aliphatic rings. The lowest BCUT2D eigenvalue weighted by molar-refractivity contribution is -0.119. The predicted octanol–water partition coefficient (Wildman–Crippen LogP) is 1.10. The van der Waals surface area contributed by atoms with Crippen molar-refractivity contribution in [1.82, 2.24) is 20.7 Å². The maximum atomic E-state index is 12.2. The van der Waals surface area contributed by atoms with Crippen molar-refractivity contribution < 1.29 is 14.1 Å². The Morgan fingerprint density at radius 2 is 2.19 bits per heavy atom. The molecule has 1 aromatic heterocycles. The number of hydrogen-bond donors (Lipinski definition) is 2. The largest absolute Gasteiger partial charge is 0.361 e. The number of nitrogens with one attached hydrogen (secondary N) is 2. The van der Waals surface area contributed by atoms with Crippen LogP contribution in [0, 0.1) is 13.8 Å². The number of carbonyl (C=O) groups excluding carboxylic acids is 2. The number of urea groups is 1. The maximum absolute atomic E-state index is 12.2. The highest BCUT2D eigenvalue weighted by Crippen LogP contribution is 2.13. The van der Waals surface area contributed by atoms with Crippen LogP contribution in [0.15, 0.2) is 4.52 Å². The maximum Gasteiger partial charge on any atom is 0.317 e. The van der Waals surface area contributed by atoms with Gasteiger partial charge in [-0.05, 0) is 26.7 Å². The summed E-state index contributed by atoms with van der Waals surface area (Å²) in [7, 11) is 0. The molecule has 21 heavy (non-hydrogen) atoms. The Morgan fingerprint density at radius 3 is 2.81 bits per heavy atom. The lowest BCUT2D eigenvalue weighted by Crippen LogP contribution is -2.51. The van der Waals surface area contributed by atoms with Crippen LogP contribution in [0.2, 0.25) is 0 Å². The van der Waals surface area contributed by atoms with E-state index in [2.05, 4.69) is 15.8 Å². The summed E-state index contributed by atoms with van der Waals surface area (Å²) < 4.78 is 5.07. The highest BCUT2D eigenvalue weighted by Gasteiger charge is 2.24. The molecule has 1 aliphatic heterocycles. The topological polar surface area (TPSA) is 87.5 Å². The van der Waals surface area contributed by atoms with E-state index in [1.807, 2.05) is 13.8 Å². The molecule has 2 N–H and O–H groups in total. The fourth-order valence-corrected chi connectivity index (χ4v) is 2.60. The van der Waals surface area contributed by atoms with Gasteiger partial charge in [0.1, 0.15) is 5.76 Å². The molecule has 3 amide bonds. The van der Waals surface area contributed by atoms with E-state index in [0.29, 0.717) is 19.6 Å². The van der Waals surface area contributed by atoms with Crippen LogP contribution in [0.25, 0.3) is 0 Å². The van der Waals surface area contributed by atoms with E-state index in [4.69, 9.17) is 4.52 Å². The van der Waals surface area contributed by atoms with Gasteiger partial charge in [0.05, 0.1) is 5.69 Å². The van der Waals surface area contributed by atoms with Gasteiger partial charge in [-0.1, -0.05) is 5.16 Å². The van der Waals surface area contributed by atoms with Gasteiger partial charge in [0, 0.05) is 38.2 Å². The quantitative estimate of drug-likeness (QED) is 0.874. The molecule has 1 saturated heterocycles. The summed E-state index contributed by atoms with van der Waals surface area (Å²) in [5.41, 5.74) is 1.71. The van der Waals surface area contributed by atoms with E-state index in [9.17, 15) is 9.59 Å². The van der Waals surface area contributed by atoms with Crippen molar-refractivity contribution in [3.8, 4) is 0 Å². The van der Waals surface area contributed by atoms with E-state index in [0.717, 1.165) is 29.9 Å². The molecule has 0 spiro atoms. The summed E-state index contributed by atoms with van der Waals surface area (Å²) in [6, 6.07) is -0.0777. The molecule has 0 aliphatic carbocycles. The monoisotopic (exact) mass is 294 g/mol. The van der Waals surface area contributed by atoms with Gasteiger partial charge in [-0.3, -0.25) is 4.79 Å². The normalized spacial score (nSPS) is 18.4. The van der Waals surface area contributed by atoms with Gasteiger partial charge >= 0.3 is 6.03 Å². The molecule has 1 aromatic rings. The summed E-state index contributed by atoms with van der Waals surface area (Å²) in [6.45, 7) is 6.84. The van der Waals surface area contributed by atoms with Gasteiger partial charge in [0.25, 0.3) is 0 Å². The molecule has 0 saturated carbocycles. The fourth-order valence-electron chi connectivity index (χ4n) is 2.60. The van der Waals surface area contributed by atoms with Gasteiger partial charge in [-0.25, -0.2) is 4.79 Å². The Kier molecular flexibility index (Phi) is 4.82. The Hall–Kier alpha value is -2.05. The average molecular weight is 294 g/mol. The summed E-state index contributed by atoms with van der Waals surface area (Å²) in [5.74, 6) is 0.667. The van der Waals surface area contributed by atoms with Crippen LogP contribution in [0.1, 0.15) is 36.8 Å². The number of piperidine rings is 1. The van der Waals surface area contributed by atoms with Crippen LogP contribution in [-0.4, -0.2) is 41.1 Å². The highest BCUT2D eigenvalue weighted by molar-refractivity contribution is 5.75. The van der Waals surface area contributed by atoms with Crippen molar-refractivity contribution in [1.29, 1.82) is 0 Å². The second-order valence-corrected chi connectivity index (χ2v) is 5.45. The van der Waals surface area contributed by atoms with Crippen LogP contribution < -0.4 is 10.6 Å². The molecule has 0 radical (unpaired) electrons. The smallest absolute Gasteiger partial charge is 0.317 e. The molecule has 1 fully saturated rings. The second-order valence-electron chi connectivity index (χ2n) is 5.45. The van der Waals surface area contributed by atoms with Crippen LogP contribution in [-0.2, 0) is 11.3 Å².